The number of benzene rings is 3. The highest BCUT2D eigenvalue weighted by Crippen LogP contribution is 2.31. The number of Topliss-reactive ketones (excluding diaryl/α,β-unsaturated/α-hetero) is 1. The molecule has 0 spiro atoms. The summed E-state index contributed by atoms with van der Waals surface area (Å²) in [7, 11) is 2.92. The van der Waals surface area contributed by atoms with Crippen LogP contribution in [-0.2, 0) is 4.74 Å². The summed E-state index contributed by atoms with van der Waals surface area (Å²) in [6.07, 6.45) is 0. The van der Waals surface area contributed by atoms with Gasteiger partial charge in [-0.15, -0.1) is 0 Å². The summed E-state index contributed by atoms with van der Waals surface area (Å²) in [6.45, 7) is -0.350. The van der Waals surface area contributed by atoms with E-state index in [1.807, 2.05) is 30.3 Å². The topological polar surface area (TPSA) is 61.8 Å². The van der Waals surface area contributed by atoms with Gasteiger partial charge in [0.25, 0.3) is 0 Å². The number of rotatable bonds is 6. The van der Waals surface area contributed by atoms with E-state index in [2.05, 4.69) is 0 Å². The maximum absolute atomic E-state index is 12.4. The van der Waals surface area contributed by atoms with Crippen LogP contribution >= 0.6 is 0 Å². The SMILES string of the molecule is COc1cccc(C(=O)OCC(=O)c2ccc3ccccc3c2)c1OC. The van der Waals surface area contributed by atoms with Crippen LogP contribution in [0.4, 0.5) is 0 Å². The van der Waals surface area contributed by atoms with Crippen molar-refractivity contribution in [2.45, 2.75) is 0 Å². The molecule has 0 heterocycles. The first-order valence-electron chi connectivity index (χ1n) is 8.04. The molecule has 0 aliphatic heterocycles. The molecule has 0 N–H and O–H groups in total. The van der Waals surface area contributed by atoms with Crippen molar-refractivity contribution >= 4 is 22.5 Å². The van der Waals surface area contributed by atoms with Gasteiger partial charge < -0.3 is 14.2 Å². The number of ketones is 1. The molecule has 0 aromatic heterocycles. The van der Waals surface area contributed by atoms with Crippen LogP contribution in [0.3, 0.4) is 0 Å². The monoisotopic (exact) mass is 350 g/mol. The van der Waals surface area contributed by atoms with E-state index in [-0.39, 0.29) is 23.7 Å². The Morgan fingerprint density at radius 3 is 2.35 bits per heavy atom. The Labute approximate surface area is 151 Å². The zero-order valence-electron chi connectivity index (χ0n) is 14.5. The second kappa shape index (κ2) is 7.70. The van der Waals surface area contributed by atoms with E-state index in [1.165, 1.54) is 14.2 Å². The van der Waals surface area contributed by atoms with Gasteiger partial charge in [0.05, 0.1) is 14.2 Å². The number of methoxy groups -OCH3 is 2. The van der Waals surface area contributed by atoms with Crippen LogP contribution in [0.25, 0.3) is 10.8 Å². The summed E-state index contributed by atoms with van der Waals surface area (Å²) >= 11 is 0. The minimum atomic E-state index is -0.644. The lowest BCUT2D eigenvalue weighted by Gasteiger charge is -2.12. The van der Waals surface area contributed by atoms with Crippen LogP contribution < -0.4 is 9.47 Å². The van der Waals surface area contributed by atoms with Crippen LogP contribution in [-0.4, -0.2) is 32.6 Å². The van der Waals surface area contributed by atoms with Crippen LogP contribution in [0.2, 0.25) is 0 Å². The third-order valence-electron chi connectivity index (χ3n) is 4.03. The standard InChI is InChI=1S/C21H18O5/c1-24-19-9-5-8-17(20(19)25-2)21(23)26-13-18(22)16-11-10-14-6-3-4-7-15(14)12-16/h3-12H,13H2,1-2H3. The Bertz CT molecular complexity index is 962. The van der Waals surface area contributed by atoms with Gasteiger partial charge in [0, 0.05) is 5.56 Å². The van der Waals surface area contributed by atoms with Gasteiger partial charge in [0.1, 0.15) is 5.56 Å². The van der Waals surface area contributed by atoms with E-state index in [1.54, 1.807) is 30.3 Å². The van der Waals surface area contributed by atoms with Gasteiger partial charge in [-0.2, -0.15) is 0 Å². The lowest BCUT2D eigenvalue weighted by atomic mass is 10.0. The number of hydrogen-bond donors (Lipinski definition) is 0. The number of para-hydroxylation sites is 1. The van der Waals surface area contributed by atoms with E-state index in [0.717, 1.165) is 10.8 Å². The first-order valence-corrected chi connectivity index (χ1v) is 8.04. The summed E-state index contributed by atoms with van der Waals surface area (Å²) in [5, 5.41) is 2.00. The van der Waals surface area contributed by atoms with Gasteiger partial charge in [-0.1, -0.05) is 42.5 Å². The third kappa shape index (κ3) is 3.52. The zero-order chi connectivity index (χ0) is 18.5. The minimum Gasteiger partial charge on any atom is -0.493 e. The maximum Gasteiger partial charge on any atom is 0.342 e. The lowest BCUT2D eigenvalue weighted by Crippen LogP contribution is -2.15. The molecule has 0 aliphatic rings. The summed E-state index contributed by atoms with van der Waals surface area (Å²) in [5.74, 6) is -0.221. The highest BCUT2D eigenvalue weighted by atomic mass is 16.5. The van der Waals surface area contributed by atoms with Crippen LogP contribution in [0.15, 0.2) is 60.7 Å². The first-order chi connectivity index (χ1) is 12.6. The van der Waals surface area contributed by atoms with E-state index >= 15 is 0 Å². The Morgan fingerprint density at radius 1 is 0.846 bits per heavy atom. The molecule has 0 unspecified atom stereocenters. The van der Waals surface area contributed by atoms with Gasteiger partial charge in [-0.3, -0.25) is 4.79 Å². The van der Waals surface area contributed by atoms with Crippen molar-refractivity contribution in [3.63, 3.8) is 0 Å². The van der Waals surface area contributed by atoms with Crippen molar-refractivity contribution in [1.29, 1.82) is 0 Å². The second-order valence-electron chi connectivity index (χ2n) is 5.60. The maximum atomic E-state index is 12.4. The molecular weight excluding hydrogens is 332 g/mol. The molecule has 3 aromatic carbocycles. The molecule has 132 valence electrons. The summed E-state index contributed by atoms with van der Waals surface area (Å²) in [5.41, 5.74) is 0.701. The fraction of sp³-hybridized carbons (Fsp3) is 0.143. The normalized spacial score (nSPS) is 10.4. The molecule has 0 fully saturated rings. The van der Waals surface area contributed by atoms with Gasteiger partial charge in [-0.25, -0.2) is 4.79 Å². The molecule has 0 atom stereocenters. The van der Waals surface area contributed by atoms with Crippen molar-refractivity contribution in [2.24, 2.45) is 0 Å². The molecule has 0 saturated carbocycles. The highest BCUT2D eigenvalue weighted by Gasteiger charge is 2.19. The van der Waals surface area contributed by atoms with Gasteiger partial charge in [0.2, 0.25) is 0 Å². The number of esters is 1. The molecule has 26 heavy (non-hydrogen) atoms. The number of hydrogen-bond acceptors (Lipinski definition) is 5. The molecule has 0 saturated heterocycles. The summed E-state index contributed by atoms with van der Waals surface area (Å²) in [4.78, 5) is 24.7. The van der Waals surface area contributed by atoms with E-state index in [4.69, 9.17) is 14.2 Å². The third-order valence-corrected chi connectivity index (χ3v) is 4.03. The van der Waals surface area contributed by atoms with Crippen molar-refractivity contribution in [2.75, 3.05) is 20.8 Å². The fourth-order valence-electron chi connectivity index (χ4n) is 2.70. The number of carbonyl (C=O) groups is 2. The average molecular weight is 350 g/mol. The van der Waals surface area contributed by atoms with Crippen molar-refractivity contribution in [1.82, 2.24) is 0 Å². The lowest BCUT2D eigenvalue weighted by molar-refractivity contribution is 0.0471. The molecule has 0 amide bonds. The molecule has 0 aliphatic carbocycles. The van der Waals surface area contributed by atoms with E-state index in [0.29, 0.717) is 11.3 Å². The smallest absolute Gasteiger partial charge is 0.342 e. The van der Waals surface area contributed by atoms with Crippen LogP contribution in [0, 0.1) is 0 Å². The van der Waals surface area contributed by atoms with Crippen molar-refractivity contribution in [3.8, 4) is 11.5 Å². The molecule has 0 bridgehead atoms. The number of carbonyl (C=O) groups excluding carboxylic acids is 2. The average Bonchev–Trinajstić information content (AvgIpc) is 2.70. The molecular formula is C21H18O5. The van der Waals surface area contributed by atoms with Crippen molar-refractivity contribution < 1.29 is 23.8 Å². The number of ether oxygens (including phenoxy) is 3. The predicted octanol–water partition coefficient (Wildman–Crippen LogP) is 3.90. The summed E-state index contributed by atoms with van der Waals surface area (Å²) in [6, 6.07) is 18.0. The number of fused-ring (bicyclic) bond motifs is 1. The summed E-state index contributed by atoms with van der Waals surface area (Å²) < 4.78 is 15.6. The Kier molecular flexibility index (Phi) is 5.17. The van der Waals surface area contributed by atoms with Gasteiger partial charge in [-0.05, 0) is 29.0 Å². The highest BCUT2D eigenvalue weighted by molar-refractivity contribution is 6.02. The van der Waals surface area contributed by atoms with Crippen molar-refractivity contribution in [3.05, 3.63) is 71.8 Å². The van der Waals surface area contributed by atoms with E-state index < -0.39 is 5.97 Å². The molecule has 5 nitrogen and oxygen atoms in total. The van der Waals surface area contributed by atoms with E-state index in [9.17, 15) is 9.59 Å². The zero-order valence-corrected chi connectivity index (χ0v) is 14.5. The largest absolute Gasteiger partial charge is 0.493 e. The van der Waals surface area contributed by atoms with Crippen LogP contribution in [0.5, 0.6) is 11.5 Å². The molecule has 3 aromatic rings. The van der Waals surface area contributed by atoms with Gasteiger partial charge in [0.15, 0.2) is 23.9 Å². The Hall–Kier alpha value is -3.34. The first kappa shape index (κ1) is 17.5. The fourth-order valence-corrected chi connectivity index (χ4v) is 2.70. The van der Waals surface area contributed by atoms with Crippen LogP contribution in [0.1, 0.15) is 20.7 Å². The Balaban J connectivity index is 1.73. The Morgan fingerprint density at radius 2 is 1.62 bits per heavy atom. The van der Waals surface area contributed by atoms with Gasteiger partial charge >= 0.3 is 5.97 Å². The quantitative estimate of drug-likeness (QED) is 0.498. The minimum absolute atomic E-state index is 0.207. The molecule has 0 radical (unpaired) electrons. The molecule has 3 rings (SSSR count). The second-order valence-corrected chi connectivity index (χ2v) is 5.60. The predicted molar refractivity (Wildman–Crippen MR) is 98.1 cm³/mol. The molecule has 5 heteroatoms.